The Labute approximate surface area is 239 Å². The predicted octanol–water partition coefficient (Wildman–Crippen LogP) is 5.99. The largest absolute Gasteiger partial charge is 0.496 e. The van der Waals surface area contributed by atoms with Gasteiger partial charge in [0.25, 0.3) is 15.9 Å². The summed E-state index contributed by atoms with van der Waals surface area (Å²) in [5, 5.41) is 3.78. The molecular weight excluding hydrogens is 542 g/mol. The Morgan fingerprint density at radius 1 is 1.00 bits per heavy atom. The maximum absolute atomic E-state index is 12.9. The predicted molar refractivity (Wildman–Crippen MR) is 157 cm³/mol. The molecule has 1 saturated carbocycles. The molecule has 41 heavy (non-hydrogen) atoms. The summed E-state index contributed by atoms with van der Waals surface area (Å²) in [6.07, 6.45) is 3.97. The highest BCUT2D eigenvalue weighted by atomic mass is 32.2. The van der Waals surface area contributed by atoms with E-state index in [1.165, 1.54) is 19.2 Å². The molecule has 0 unspecified atom stereocenters. The third-order valence-electron chi connectivity index (χ3n) is 7.47. The molecule has 1 heterocycles. The van der Waals surface area contributed by atoms with Gasteiger partial charge in [0, 0.05) is 34.3 Å². The number of hydrogen-bond acceptors (Lipinski definition) is 6. The van der Waals surface area contributed by atoms with Crippen molar-refractivity contribution in [3.05, 3.63) is 88.6 Å². The van der Waals surface area contributed by atoms with Crippen molar-refractivity contribution < 1.29 is 27.5 Å². The van der Waals surface area contributed by atoms with Crippen molar-refractivity contribution in [2.45, 2.75) is 57.0 Å². The molecule has 0 aliphatic heterocycles. The van der Waals surface area contributed by atoms with Gasteiger partial charge in [-0.2, -0.15) is 0 Å². The first kappa shape index (κ1) is 28.2. The maximum atomic E-state index is 12.9. The topological polar surface area (TPSA) is 127 Å². The molecule has 214 valence electrons. The number of benzene rings is 3. The lowest BCUT2D eigenvalue weighted by atomic mass is 9.99. The Morgan fingerprint density at radius 2 is 1.76 bits per heavy atom. The van der Waals surface area contributed by atoms with Crippen molar-refractivity contribution >= 4 is 38.6 Å². The van der Waals surface area contributed by atoms with Crippen molar-refractivity contribution in [2.75, 3.05) is 12.4 Å². The lowest BCUT2D eigenvalue weighted by Gasteiger charge is -2.13. The Hall–Kier alpha value is -4.31. The molecule has 4 aromatic rings. The molecule has 0 spiro atoms. The van der Waals surface area contributed by atoms with Crippen molar-refractivity contribution in [2.24, 2.45) is 0 Å². The third-order valence-corrected chi connectivity index (χ3v) is 8.96. The van der Waals surface area contributed by atoms with Gasteiger partial charge < -0.3 is 14.5 Å². The summed E-state index contributed by atoms with van der Waals surface area (Å²) in [4.78, 5) is 28.8. The molecule has 0 saturated heterocycles. The molecular formula is C31H33N3O6S. The van der Waals surface area contributed by atoms with Crippen LogP contribution >= 0.6 is 0 Å². The summed E-state index contributed by atoms with van der Waals surface area (Å²) in [5.41, 5.74) is 5.03. The molecule has 5 rings (SSSR count). The van der Waals surface area contributed by atoms with Gasteiger partial charge in [-0.05, 0) is 92.6 Å². The Morgan fingerprint density at radius 3 is 2.49 bits per heavy atom. The van der Waals surface area contributed by atoms with Gasteiger partial charge >= 0.3 is 6.09 Å². The average molecular weight is 576 g/mol. The van der Waals surface area contributed by atoms with Crippen molar-refractivity contribution in [1.82, 2.24) is 9.71 Å². The van der Waals surface area contributed by atoms with E-state index in [2.05, 4.69) is 15.0 Å². The number of aromatic nitrogens is 1. The monoisotopic (exact) mass is 575 g/mol. The van der Waals surface area contributed by atoms with Crippen LogP contribution < -0.4 is 14.8 Å². The van der Waals surface area contributed by atoms with E-state index in [-0.39, 0.29) is 16.6 Å². The number of amides is 2. The fraction of sp³-hybridized carbons (Fsp3) is 0.290. The molecule has 1 fully saturated rings. The van der Waals surface area contributed by atoms with Crippen LogP contribution in [0, 0.1) is 13.8 Å². The van der Waals surface area contributed by atoms with Gasteiger partial charge in [0.1, 0.15) is 11.9 Å². The average Bonchev–Trinajstić information content (AvgIpc) is 3.55. The molecule has 9 nitrogen and oxygen atoms in total. The van der Waals surface area contributed by atoms with Gasteiger partial charge in [-0.3, -0.25) is 10.1 Å². The smallest absolute Gasteiger partial charge is 0.411 e. The number of fused-ring (bicyclic) bond motifs is 1. The van der Waals surface area contributed by atoms with Crippen LogP contribution in [0.3, 0.4) is 0 Å². The number of nitrogens with one attached hydrogen (secondary N) is 3. The number of anilines is 1. The fourth-order valence-corrected chi connectivity index (χ4v) is 6.53. The normalized spacial score (nSPS) is 13.7. The number of aryl methyl sites for hydroxylation is 2. The zero-order valence-electron chi connectivity index (χ0n) is 23.2. The summed E-state index contributed by atoms with van der Waals surface area (Å²) < 4.78 is 38.9. The summed E-state index contributed by atoms with van der Waals surface area (Å²) >= 11 is 0. The summed E-state index contributed by atoms with van der Waals surface area (Å²) in [6, 6.07) is 17.0. The minimum atomic E-state index is -4.04. The first-order chi connectivity index (χ1) is 19.6. The second-order valence-corrected chi connectivity index (χ2v) is 12.0. The quantitative estimate of drug-likeness (QED) is 0.237. The van der Waals surface area contributed by atoms with E-state index >= 15 is 0 Å². The summed E-state index contributed by atoms with van der Waals surface area (Å²) in [6.45, 7) is 3.65. The standard InChI is InChI=1S/C31H33N3O6S/c1-19-8-4-7-11-29(19)41(37,38)34-30(35)22-13-12-21(28(17-22)39-3)16-25-20(2)32-27-15-14-23(18-26(25)27)33-31(36)40-24-9-5-6-10-24/h4,7-8,11-15,17-18,24,32H,5-6,9-10,16H2,1-3H3,(H,33,36)(H,34,35). The number of hydrogen-bond donors (Lipinski definition) is 3. The van der Waals surface area contributed by atoms with E-state index in [9.17, 15) is 18.0 Å². The van der Waals surface area contributed by atoms with Crippen LogP contribution in [0.4, 0.5) is 10.5 Å². The molecule has 1 aliphatic carbocycles. The van der Waals surface area contributed by atoms with Crippen LogP contribution in [-0.4, -0.2) is 38.6 Å². The molecule has 10 heteroatoms. The SMILES string of the molecule is COc1cc(C(=O)NS(=O)(=O)c2ccccc2C)ccc1Cc1c(C)[nH]c2ccc(NC(=O)OC3CCCC3)cc12. The van der Waals surface area contributed by atoms with Crippen molar-refractivity contribution in [3.8, 4) is 5.75 Å². The van der Waals surface area contributed by atoms with Crippen LogP contribution in [0.15, 0.2) is 65.6 Å². The number of rotatable bonds is 8. The highest BCUT2D eigenvalue weighted by Crippen LogP contribution is 2.31. The van der Waals surface area contributed by atoms with Gasteiger partial charge in [0.05, 0.1) is 12.0 Å². The number of carbonyl (C=O) groups excluding carboxylic acids is 2. The van der Waals surface area contributed by atoms with Gasteiger partial charge in [0.15, 0.2) is 0 Å². The molecule has 3 N–H and O–H groups in total. The number of H-pyrrole nitrogens is 1. The Balaban J connectivity index is 1.35. The minimum Gasteiger partial charge on any atom is -0.496 e. The Bertz CT molecular complexity index is 1720. The van der Waals surface area contributed by atoms with Gasteiger partial charge in [0.2, 0.25) is 0 Å². The number of methoxy groups -OCH3 is 1. The zero-order chi connectivity index (χ0) is 29.1. The van der Waals surface area contributed by atoms with E-state index in [0.29, 0.717) is 23.4 Å². The molecule has 3 aromatic carbocycles. The molecule has 1 aliphatic rings. The van der Waals surface area contributed by atoms with E-state index < -0.39 is 22.0 Å². The van der Waals surface area contributed by atoms with Crippen LogP contribution in [0.2, 0.25) is 0 Å². The maximum Gasteiger partial charge on any atom is 0.411 e. The van der Waals surface area contributed by atoms with E-state index in [1.54, 1.807) is 37.3 Å². The van der Waals surface area contributed by atoms with Crippen LogP contribution in [-0.2, 0) is 21.2 Å². The number of carbonyl (C=O) groups is 2. The third kappa shape index (κ3) is 6.22. The van der Waals surface area contributed by atoms with Crippen molar-refractivity contribution in [1.29, 1.82) is 0 Å². The van der Waals surface area contributed by atoms with Gasteiger partial charge in [-0.1, -0.05) is 24.3 Å². The minimum absolute atomic E-state index is 0.0242. The molecule has 0 atom stereocenters. The number of ether oxygens (including phenoxy) is 2. The highest BCUT2D eigenvalue weighted by molar-refractivity contribution is 7.90. The highest BCUT2D eigenvalue weighted by Gasteiger charge is 2.22. The zero-order valence-corrected chi connectivity index (χ0v) is 24.1. The second kappa shape index (κ2) is 11.7. The lowest BCUT2D eigenvalue weighted by molar-refractivity contribution is 0.0980. The van der Waals surface area contributed by atoms with E-state index in [0.717, 1.165) is 53.4 Å². The van der Waals surface area contributed by atoms with E-state index in [1.807, 2.05) is 25.1 Å². The summed E-state index contributed by atoms with van der Waals surface area (Å²) in [5.74, 6) is -0.296. The number of aromatic amines is 1. The first-order valence-corrected chi connectivity index (χ1v) is 15.0. The fourth-order valence-electron chi connectivity index (χ4n) is 5.31. The van der Waals surface area contributed by atoms with Crippen LogP contribution in [0.25, 0.3) is 10.9 Å². The second-order valence-electron chi connectivity index (χ2n) is 10.3. The Kier molecular flexibility index (Phi) is 8.03. The van der Waals surface area contributed by atoms with Gasteiger partial charge in [-0.25, -0.2) is 17.9 Å². The van der Waals surface area contributed by atoms with E-state index in [4.69, 9.17) is 9.47 Å². The molecule has 2 amide bonds. The van der Waals surface area contributed by atoms with Crippen molar-refractivity contribution in [3.63, 3.8) is 0 Å². The molecule has 0 radical (unpaired) electrons. The molecule has 1 aromatic heterocycles. The first-order valence-electron chi connectivity index (χ1n) is 13.5. The summed E-state index contributed by atoms with van der Waals surface area (Å²) in [7, 11) is -2.54. The lowest BCUT2D eigenvalue weighted by Crippen LogP contribution is -2.31. The molecule has 0 bridgehead atoms. The number of sulfonamides is 1. The van der Waals surface area contributed by atoms with Crippen LogP contribution in [0.1, 0.15) is 58.4 Å². The van der Waals surface area contributed by atoms with Crippen LogP contribution in [0.5, 0.6) is 5.75 Å². The van der Waals surface area contributed by atoms with Gasteiger partial charge in [-0.15, -0.1) is 0 Å².